The number of rotatable bonds is 6. The Hall–Kier alpha value is -0.480. The molecule has 0 aromatic heterocycles. The van der Waals surface area contributed by atoms with Gasteiger partial charge in [0.1, 0.15) is 12.4 Å². The van der Waals surface area contributed by atoms with Crippen molar-refractivity contribution in [3.8, 4) is 5.75 Å². The van der Waals surface area contributed by atoms with Crippen molar-refractivity contribution in [2.24, 2.45) is 0 Å². The molecule has 3 nitrogen and oxygen atoms in total. The summed E-state index contributed by atoms with van der Waals surface area (Å²) in [6.45, 7) is 5.71. The van der Waals surface area contributed by atoms with Crippen LogP contribution in [0.15, 0.2) is 18.2 Å². The van der Waals surface area contributed by atoms with Crippen molar-refractivity contribution in [2.45, 2.75) is 44.9 Å². The zero-order valence-electron chi connectivity index (χ0n) is 11.9. The smallest absolute Gasteiger partial charge is 0.122 e. The van der Waals surface area contributed by atoms with Crippen LogP contribution in [-0.4, -0.2) is 31.4 Å². The van der Waals surface area contributed by atoms with E-state index in [1.165, 1.54) is 0 Å². The minimum Gasteiger partial charge on any atom is -0.491 e. The Morgan fingerprint density at radius 1 is 1.20 bits per heavy atom. The molecule has 5 heteroatoms. The lowest BCUT2D eigenvalue weighted by Gasteiger charge is -2.16. The van der Waals surface area contributed by atoms with E-state index < -0.39 is 0 Å². The monoisotopic (exact) mass is 317 g/mol. The van der Waals surface area contributed by atoms with Gasteiger partial charge >= 0.3 is 0 Å². The minimum absolute atomic E-state index is 0.145. The largest absolute Gasteiger partial charge is 0.491 e. The van der Waals surface area contributed by atoms with Gasteiger partial charge in [-0.1, -0.05) is 37.0 Å². The third-order valence-electron chi connectivity index (χ3n) is 3.22. The highest BCUT2D eigenvalue weighted by molar-refractivity contribution is 6.34. The van der Waals surface area contributed by atoms with E-state index in [-0.39, 0.29) is 12.2 Å². The van der Waals surface area contributed by atoms with Gasteiger partial charge in [0, 0.05) is 22.6 Å². The van der Waals surface area contributed by atoms with Crippen molar-refractivity contribution in [3.05, 3.63) is 28.2 Å². The third kappa shape index (κ3) is 5.13. The van der Waals surface area contributed by atoms with Gasteiger partial charge < -0.3 is 14.8 Å². The third-order valence-corrected chi connectivity index (χ3v) is 3.66. The molecule has 0 amide bonds. The zero-order valence-corrected chi connectivity index (χ0v) is 13.4. The maximum atomic E-state index is 5.94. The molecule has 1 saturated heterocycles. The molecule has 1 aromatic rings. The summed E-state index contributed by atoms with van der Waals surface area (Å²) in [5.74, 6) is 0.690. The van der Waals surface area contributed by atoms with Gasteiger partial charge in [0.15, 0.2) is 0 Å². The number of benzene rings is 1. The van der Waals surface area contributed by atoms with Gasteiger partial charge in [-0.2, -0.15) is 0 Å². The highest BCUT2D eigenvalue weighted by Gasteiger charge is 2.25. The van der Waals surface area contributed by atoms with E-state index in [4.69, 9.17) is 32.7 Å². The summed E-state index contributed by atoms with van der Waals surface area (Å²) in [5.41, 5.74) is 0. The van der Waals surface area contributed by atoms with Gasteiger partial charge in [0.05, 0.1) is 12.2 Å². The van der Waals surface area contributed by atoms with E-state index in [0.29, 0.717) is 28.4 Å². The van der Waals surface area contributed by atoms with E-state index in [1.807, 2.05) is 0 Å². The number of ether oxygens (including phenoxy) is 2. The van der Waals surface area contributed by atoms with Crippen LogP contribution in [0.25, 0.3) is 0 Å². The Balaban J connectivity index is 1.75. The fourth-order valence-electron chi connectivity index (χ4n) is 2.22. The van der Waals surface area contributed by atoms with Gasteiger partial charge in [-0.3, -0.25) is 0 Å². The molecule has 0 bridgehead atoms. The van der Waals surface area contributed by atoms with Crippen LogP contribution in [-0.2, 0) is 4.74 Å². The first-order valence-corrected chi connectivity index (χ1v) is 7.76. The summed E-state index contributed by atoms with van der Waals surface area (Å²) in [6, 6.07) is 5.71. The second kappa shape index (κ2) is 7.51. The van der Waals surface area contributed by atoms with Crippen LogP contribution in [0, 0.1) is 0 Å². The Bertz CT molecular complexity index is 420. The molecule has 0 saturated carbocycles. The van der Waals surface area contributed by atoms with Gasteiger partial charge in [-0.25, -0.2) is 0 Å². The average molecular weight is 318 g/mol. The molecule has 0 spiro atoms. The highest BCUT2D eigenvalue weighted by atomic mass is 35.5. The molecule has 2 atom stereocenters. The summed E-state index contributed by atoms with van der Waals surface area (Å²) in [5, 5.41) is 4.56. The molecule has 0 radical (unpaired) electrons. The molecule has 0 aliphatic carbocycles. The second-order valence-electron chi connectivity index (χ2n) is 5.44. The Labute approximate surface area is 130 Å². The normalized spacial score (nSPS) is 22.4. The van der Waals surface area contributed by atoms with Crippen LogP contribution in [0.5, 0.6) is 5.75 Å². The molecule has 1 heterocycles. The quantitative estimate of drug-likeness (QED) is 0.862. The van der Waals surface area contributed by atoms with Gasteiger partial charge in [0.25, 0.3) is 0 Å². The van der Waals surface area contributed by atoms with Crippen molar-refractivity contribution in [1.29, 1.82) is 0 Å². The summed E-state index contributed by atoms with van der Waals surface area (Å²) < 4.78 is 11.7. The molecule has 2 rings (SSSR count). The fraction of sp³-hybridized carbons (Fsp3) is 0.600. The molecule has 2 unspecified atom stereocenters. The predicted molar refractivity (Wildman–Crippen MR) is 83.0 cm³/mol. The predicted octanol–water partition coefficient (Wildman–Crippen LogP) is 3.92. The lowest BCUT2D eigenvalue weighted by molar-refractivity contribution is 0.0178. The first-order valence-electron chi connectivity index (χ1n) is 7.00. The Morgan fingerprint density at radius 3 is 2.50 bits per heavy atom. The van der Waals surface area contributed by atoms with E-state index in [9.17, 15) is 0 Å². The van der Waals surface area contributed by atoms with Crippen LogP contribution in [0.1, 0.15) is 26.7 Å². The van der Waals surface area contributed by atoms with E-state index >= 15 is 0 Å². The highest BCUT2D eigenvalue weighted by Crippen LogP contribution is 2.26. The lowest BCUT2D eigenvalue weighted by Crippen LogP contribution is -2.32. The Morgan fingerprint density at radius 2 is 1.85 bits per heavy atom. The number of nitrogens with one attached hydrogen (secondary N) is 1. The minimum atomic E-state index is 0.145. The molecule has 1 aliphatic rings. The van der Waals surface area contributed by atoms with Crippen molar-refractivity contribution < 1.29 is 9.47 Å². The first kappa shape index (κ1) is 15.9. The van der Waals surface area contributed by atoms with Crippen LogP contribution in [0.3, 0.4) is 0 Å². The molecule has 112 valence electrons. The van der Waals surface area contributed by atoms with Crippen LogP contribution in [0.2, 0.25) is 10.0 Å². The van der Waals surface area contributed by atoms with Crippen LogP contribution < -0.4 is 10.1 Å². The molecular weight excluding hydrogens is 297 g/mol. The fourth-order valence-corrected chi connectivity index (χ4v) is 2.73. The van der Waals surface area contributed by atoms with Gasteiger partial charge in [0.2, 0.25) is 0 Å². The summed E-state index contributed by atoms with van der Waals surface area (Å²) in [4.78, 5) is 0. The first-order chi connectivity index (χ1) is 9.52. The van der Waals surface area contributed by atoms with Crippen LogP contribution >= 0.6 is 23.2 Å². The molecule has 1 aromatic carbocycles. The lowest BCUT2D eigenvalue weighted by atomic mass is 10.2. The van der Waals surface area contributed by atoms with Crippen molar-refractivity contribution in [3.63, 3.8) is 0 Å². The van der Waals surface area contributed by atoms with E-state index in [0.717, 1.165) is 19.4 Å². The summed E-state index contributed by atoms with van der Waals surface area (Å²) >= 11 is 11.9. The number of hydrogen-bond acceptors (Lipinski definition) is 3. The van der Waals surface area contributed by atoms with E-state index in [2.05, 4.69) is 19.2 Å². The van der Waals surface area contributed by atoms with Crippen LogP contribution in [0.4, 0.5) is 0 Å². The second-order valence-corrected chi connectivity index (χ2v) is 6.31. The van der Waals surface area contributed by atoms with Crippen molar-refractivity contribution in [2.75, 3.05) is 13.2 Å². The summed E-state index contributed by atoms with van der Waals surface area (Å²) in [7, 11) is 0. The molecular formula is C15H21Cl2NO2. The standard InChI is InChI=1S/C15H21Cl2NO2/c1-10(2)18-8-13-3-4-14(20-13)9-19-15-6-11(16)5-12(17)7-15/h5-7,10,13-14,18H,3-4,8-9H2,1-2H3. The Kier molecular flexibility index (Phi) is 5.97. The van der Waals surface area contributed by atoms with Gasteiger partial charge in [-0.15, -0.1) is 0 Å². The van der Waals surface area contributed by atoms with Crippen molar-refractivity contribution in [1.82, 2.24) is 5.32 Å². The molecule has 1 aliphatic heterocycles. The van der Waals surface area contributed by atoms with E-state index in [1.54, 1.807) is 18.2 Å². The SMILES string of the molecule is CC(C)NCC1CCC(COc2cc(Cl)cc(Cl)c2)O1. The maximum absolute atomic E-state index is 5.94. The number of hydrogen-bond donors (Lipinski definition) is 1. The zero-order chi connectivity index (χ0) is 14.5. The van der Waals surface area contributed by atoms with Gasteiger partial charge in [-0.05, 0) is 31.0 Å². The topological polar surface area (TPSA) is 30.5 Å². The molecule has 20 heavy (non-hydrogen) atoms. The van der Waals surface area contributed by atoms with Crippen molar-refractivity contribution >= 4 is 23.2 Å². The molecule has 1 fully saturated rings. The maximum Gasteiger partial charge on any atom is 0.122 e. The molecule has 1 N–H and O–H groups in total. The summed E-state index contributed by atoms with van der Waals surface area (Å²) in [6.07, 6.45) is 2.53. The average Bonchev–Trinajstić information content (AvgIpc) is 2.81. The number of halogens is 2.